The van der Waals surface area contributed by atoms with Crippen LogP contribution in [0.5, 0.6) is 0 Å². The number of aliphatic hydroxyl groups is 1. The van der Waals surface area contributed by atoms with Gasteiger partial charge < -0.3 is 20.4 Å². The van der Waals surface area contributed by atoms with E-state index >= 15 is 0 Å². The van der Waals surface area contributed by atoms with E-state index in [0.29, 0.717) is 6.92 Å². The molecule has 1 unspecified atom stereocenters. The summed E-state index contributed by atoms with van der Waals surface area (Å²) in [6.07, 6.45) is -4.68. The minimum atomic E-state index is -5.12. The Hall–Kier alpha value is -1.51. The molecule has 2 amide bonds. The second-order valence-electron chi connectivity index (χ2n) is 5.34. The van der Waals surface area contributed by atoms with Gasteiger partial charge in [0.25, 0.3) is 0 Å². The van der Waals surface area contributed by atoms with Crippen LogP contribution in [0.15, 0.2) is 0 Å². The predicted molar refractivity (Wildman–Crippen MR) is 62.1 cm³/mol. The number of carbonyl (C=O) groups is 2. The number of alkyl halides is 3. The van der Waals surface area contributed by atoms with Crippen molar-refractivity contribution in [2.75, 3.05) is 13.1 Å². The summed E-state index contributed by atoms with van der Waals surface area (Å²) in [5, 5.41) is 19.9. The van der Waals surface area contributed by atoms with Crippen molar-refractivity contribution in [1.82, 2.24) is 10.2 Å². The number of carbonyl (C=O) groups excluding carboxylic acids is 1. The molecule has 0 aromatic heterocycles. The van der Waals surface area contributed by atoms with Crippen LogP contribution in [0, 0.1) is 0 Å². The first-order valence-corrected chi connectivity index (χ1v) is 5.99. The monoisotopic (exact) mass is 298 g/mol. The summed E-state index contributed by atoms with van der Waals surface area (Å²) < 4.78 is 38.3. The number of urea groups is 1. The van der Waals surface area contributed by atoms with Gasteiger partial charge in [0.1, 0.15) is 0 Å². The number of likely N-dealkylation sites (tertiary alicyclic amines) is 1. The van der Waals surface area contributed by atoms with E-state index in [1.54, 1.807) is 6.92 Å². The highest BCUT2D eigenvalue weighted by atomic mass is 19.4. The van der Waals surface area contributed by atoms with Gasteiger partial charge in [-0.05, 0) is 26.7 Å². The fraction of sp³-hybridized carbons (Fsp3) is 0.818. The van der Waals surface area contributed by atoms with Crippen LogP contribution >= 0.6 is 0 Å². The second-order valence-corrected chi connectivity index (χ2v) is 5.34. The lowest BCUT2D eigenvalue weighted by molar-refractivity contribution is -0.203. The summed E-state index contributed by atoms with van der Waals surface area (Å²) in [5.41, 5.74) is -4.30. The zero-order valence-electron chi connectivity index (χ0n) is 11.1. The number of amides is 2. The minimum Gasteiger partial charge on any atom is -0.479 e. The molecular formula is C11H17F3N2O4. The third-order valence-electron chi connectivity index (χ3n) is 3.48. The van der Waals surface area contributed by atoms with Crippen molar-refractivity contribution >= 4 is 12.0 Å². The normalized spacial score (nSPS) is 22.0. The van der Waals surface area contributed by atoms with Crippen LogP contribution in [0.1, 0.15) is 26.7 Å². The van der Waals surface area contributed by atoms with Gasteiger partial charge in [0, 0.05) is 13.1 Å². The highest BCUT2D eigenvalue weighted by Crippen LogP contribution is 2.31. The summed E-state index contributed by atoms with van der Waals surface area (Å²) in [4.78, 5) is 23.6. The molecule has 1 saturated heterocycles. The molecule has 20 heavy (non-hydrogen) atoms. The van der Waals surface area contributed by atoms with E-state index in [2.05, 4.69) is 0 Å². The van der Waals surface area contributed by atoms with Gasteiger partial charge in [0.05, 0.1) is 5.60 Å². The lowest BCUT2D eigenvalue weighted by atomic mass is 9.94. The van der Waals surface area contributed by atoms with Gasteiger partial charge in [-0.2, -0.15) is 13.2 Å². The lowest BCUT2D eigenvalue weighted by Crippen LogP contribution is -2.64. The average molecular weight is 298 g/mol. The molecule has 1 aliphatic heterocycles. The molecule has 1 heterocycles. The van der Waals surface area contributed by atoms with Crippen molar-refractivity contribution in [2.24, 2.45) is 0 Å². The van der Waals surface area contributed by atoms with E-state index in [4.69, 9.17) is 5.11 Å². The summed E-state index contributed by atoms with van der Waals surface area (Å²) in [6.45, 7) is 2.09. The summed E-state index contributed by atoms with van der Waals surface area (Å²) in [6, 6.07) is -1.11. The molecule has 1 aliphatic rings. The molecule has 116 valence electrons. The lowest BCUT2D eigenvalue weighted by Gasteiger charge is -2.37. The quantitative estimate of drug-likeness (QED) is 0.708. The number of carboxylic acids is 1. The zero-order valence-corrected chi connectivity index (χ0v) is 11.1. The van der Waals surface area contributed by atoms with Crippen LogP contribution in [-0.2, 0) is 4.79 Å². The standard InChI is InChI=1S/C11H17F3N2O4/c1-9(20)3-5-16(6-4-9)8(19)15-10(2,7(17)18)11(12,13)14/h20H,3-6H2,1-2H3,(H,15,19)(H,17,18). The number of nitrogens with zero attached hydrogens (tertiary/aromatic N) is 1. The Kier molecular flexibility index (Phi) is 4.23. The van der Waals surface area contributed by atoms with E-state index in [1.807, 2.05) is 0 Å². The highest BCUT2D eigenvalue weighted by Gasteiger charge is 2.59. The summed E-state index contributed by atoms with van der Waals surface area (Å²) >= 11 is 0. The van der Waals surface area contributed by atoms with E-state index in [-0.39, 0.29) is 25.9 Å². The number of carboxylic acid groups (broad SMARTS) is 1. The average Bonchev–Trinajstić information content (AvgIpc) is 2.26. The van der Waals surface area contributed by atoms with Crippen molar-refractivity contribution in [3.63, 3.8) is 0 Å². The molecule has 9 heteroatoms. The summed E-state index contributed by atoms with van der Waals surface area (Å²) in [7, 11) is 0. The van der Waals surface area contributed by atoms with E-state index in [1.165, 1.54) is 5.32 Å². The molecule has 1 rings (SSSR count). The Morgan fingerprint density at radius 3 is 2.05 bits per heavy atom. The molecule has 0 aromatic carbocycles. The molecular weight excluding hydrogens is 281 g/mol. The Bertz CT molecular complexity index is 401. The van der Waals surface area contributed by atoms with Gasteiger partial charge >= 0.3 is 18.2 Å². The number of halogens is 3. The first-order valence-electron chi connectivity index (χ1n) is 5.99. The molecule has 0 saturated carbocycles. The van der Waals surface area contributed by atoms with Gasteiger partial charge in [-0.15, -0.1) is 0 Å². The number of piperidine rings is 1. The molecule has 3 N–H and O–H groups in total. The molecule has 0 aliphatic carbocycles. The second kappa shape index (κ2) is 5.12. The number of aliphatic carboxylic acids is 1. The summed E-state index contributed by atoms with van der Waals surface area (Å²) in [5.74, 6) is -2.18. The van der Waals surface area contributed by atoms with Crippen molar-refractivity contribution in [3.05, 3.63) is 0 Å². The van der Waals surface area contributed by atoms with Crippen molar-refractivity contribution in [2.45, 2.75) is 44.0 Å². The van der Waals surface area contributed by atoms with Crippen LogP contribution in [0.3, 0.4) is 0 Å². The topological polar surface area (TPSA) is 89.9 Å². The predicted octanol–water partition coefficient (Wildman–Crippen LogP) is 0.948. The van der Waals surface area contributed by atoms with E-state index in [9.17, 15) is 27.9 Å². The van der Waals surface area contributed by atoms with Crippen LogP contribution in [0.4, 0.5) is 18.0 Å². The Morgan fingerprint density at radius 1 is 1.25 bits per heavy atom. The van der Waals surface area contributed by atoms with Crippen LogP contribution < -0.4 is 5.32 Å². The molecule has 0 bridgehead atoms. The van der Waals surface area contributed by atoms with Gasteiger partial charge in [-0.3, -0.25) is 0 Å². The fourth-order valence-electron chi connectivity index (χ4n) is 1.73. The number of rotatable bonds is 2. The maximum absolute atomic E-state index is 12.8. The van der Waals surface area contributed by atoms with E-state index < -0.39 is 29.3 Å². The first-order chi connectivity index (χ1) is 8.89. The van der Waals surface area contributed by atoms with Gasteiger partial charge in [0.2, 0.25) is 5.54 Å². The number of hydrogen-bond donors (Lipinski definition) is 3. The Balaban J connectivity index is 2.77. The van der Waals surface area contributed by atoms with Crippen LogP contribution in [0.2, 0.25) is 0 Å². The molecule has 0 aromatic rings. The van der Waals surface area contributed by atoms with Gasteiger partial charge in [-0.25, -0.2) is 9.59 Å². The molecule has 6 nitrogen and oxygen atoms in total. The maximum Gasteiger partial charge on any atom is 0.422 e. The minimum absolute atomic E-state index is 0.0619. The zero-order chi connectivity index (χ0) is 15.8. The van der Waals surface area contributed by atoms with Gasteiger partial charge in [0.15, 0.2) is 0 Å². The van der Waals surface area contributed by atoms with Crippen LogP contribution in [-0.4, -0.2) is 57.5 Å². The molecule has 1 atom stereocenters. The Morgan fingerprint density at radius 2 is 1.70 bits per heavy atom. The molecule has 0 spiro atoms. The smallest absolute Gasteiger partial charge is 0.422 e. The van der Waals surface area contributed by atoms with Crippen molar-refractivity contribution in [3.8, 4) is 0 Å². The molecule has 1 fully saturated rings. The largest absolute Gasteiger partial charge is 0.479 e. The van der Waals surface area contributed by atoms with Crippen molar-refractivity contribution < 1.29 is 33.0 Å². The maximum atomic E-state index is 12.8. The highest BCUT2D eigenvalue weighted by molar-refractivity contribution is 5.86. The third-order valence-corrected chi connectivity index (χ3v) is 3.48. The van der Waals surface area contributed by atoms with E-state index in [0.717, 1.165) is 4.90 Å². The third kappa shape index (κ3) is 3.33. The van der Waals surface area contributed by atoms with Gasteiger partial charge in [-0.1, -0.05) is 0 Å². The SMILES string of the molecule is CC1(O)CCN(C(=O)NC(C)(C(=O)O)C(F)(F)F)CC1. The first kappa shape index (κ1) is 16.5. The van der Waals surface area contributed by atoms with Crippen molar-refractivity contribution in [1.29, 1.82) is 0 Å². The number of nitrogens with one attached hydrogen (secondary N) is 1. The fourth-order valence-corrected chi connectivity index (χ4v) is 1.73. The Labute approximate surface area is 113 Å². The van der Waals surface area contributed by atoms with Crippen LogP contribution in [0.25, 0.3) is 0 Å². The number of hydrogen-bond acceptors (Lipinski definition) is 3. The molecule has 0 radical (unpaired) electrons.